The largest absolute Gasteiger partial charge is 0.369 e. The Balaban J connectivity index is 2.74. The summed E-state index contributed by atoms with van der Waals surface area (Å²) in [5.41, 5.74) is 4.67. The van der Waals surface area contributed by atoms with Gasteiger partial charge in [-0.15, -0.1) is 0 Å². The molecule has 1 heterocycles. The van der Waals surface area contributed by atoms with Crippen molar-refractivity contribution in [3.8, 4) is 0 Å². The number of nitrogens with two attached hydrogens (primary N) is 1. The van der Waals surface area contributed by atoms with Crippen molar-refractivity contribution in [1.29, 1.82) is 0 Å². The lowest BCUT2D eigenvalue weighted by atomic mass is 10.4. The molecule has 2 rings (SSSR count). The van der Waals surface area contributed by atoms with E-state index in [1.807, 2.05) is 0 Å². The van der Waals surface area contributed by atoms with Crippen LogP contribution in [-0.2, 0) is 9.84 Å². The third-order valence-corrected chi connectivity index (χ3v) is 4.30. The number of hydrogen-bond donors (Lipinski definition) is 2. The summed E-state index contributed by atoms with van der Waals surface area (Å²) in [5, 5.41) is 0. The third-order valence-electron chi connectivity index (χ3n) is 2.39. The zero-order valence-electron chi connectivity index (χ0n) is 9.54. The van der Waals surface area contributed by atoms with Gasteiger partial charge in [-0.3, -0.25) is 9.78 Å². The molecule has 0 spiro atoms. The van der Waals surface area contributed by atoms with Crippen LogP contribution in [0, 0.1) is 6.92 Å². The Bertz CT molecular complexity index is 736. The molecule has 0 fully saturated rings. The van der Waals surface area contributed by atoms with Crippen molar-refractivity contribution < 1.29 is 8.42 Å². The molecule has 0 aliphatic heterocycles. The van der Waals surface area contributed by atoms with E-state index in [1.165, 1.54) is 19.1 Å². The number of hydrogen-bond acceptors (Lipinski definition) is 5. The maximum absolute atomic E-state index is 12.3. The average molecular weight is 265 g/mol. The Labute approximate surface area is 103 Å². The van der Waals surface area contributed by atoms with E-state index in [0.717, 1.165) is 0 Å². The molecule has 0 amide bonds. The molecule has 0 radical (unpaired) electrons. The Kier molecular flexibility index (Phi) is 2.92. The number of benzene rings is 1. The van der Waals surface area contributed by atoms with Crippen LogP contribution in [0.5, 0.6) is 0 Å². The number of nitrogen functional groups attached to an aromatic ring is 1. The molecule has 0 unspecified atom stereocenters. The van der Waals surface area contributed by atoms with Gasteiger partial charge in [0, 0.05) is 0 Å². The van der Waals surface area contributed by atoms with Crippen molar-refractivity contribution in [2.75, 3.05) is 5.73 Å². The topological polar surface area (TPSA) is 106 Å². The quantitative estimate of drug-likeness (QED) is 0.822. The minimum Gasteiger partial charge on any atom is -0.369 e. The van der Waals surface area contributed by atoms with Crippen LogP contribution in [0.15, 0.2) is 44.9 Å². The number of nitrogens with one attached hydrogen (secondary N) is 1. The van der Waals surface area contributed by atoms with Crippen LogP contribution in [0.1, 0.15) is 5.69 Å². The van der Waals surface area contributed by atoms with Gasteiger partial charge in [0.15, 0.2) is 4.90 Å². The number of aromatic amines is 1. The first kappa shape index (κ1) is 12.3. The van der Waals surface area contributed by atoms with Crippen molar-refractivity contribution >= 4 is 15.8 Å². The van der Waals surface area contributed by atoms with Crippen LogP contribution in [-0.4, -0.2) is 18.4 Å². The van der Waals surface area contributed by atoms with E-state index >= 15 is 0 Å². The molecule has 0 aliphatic carbocycles. The molecule has 18 heavy (non-hydrogen) atoms. The van der Waals surface area contributed by atoms with Crippen LogP contribution >= 0.6 is 0 Å². The van der Waals surface area contributed by atoms with Crippen LogP contribution in [0.25, 0.3) is 0 Å². The van der Waals surface area contributed by atoms with Gasteiger partial charge in [-0.25, -0.2) is 13.4 Å². The highest BCUT2D eigenvalue weighted by Gasteiger charge is 2.24. The number of nitrogens with zero attached hydrogens (tertiary/aromatic N) is 1. The lowest BCUT2D eigenvalue weighted by Crippen LogP contribution is -2.22. The van der Waals surface area contributed by atoms with Crippen molar-refractivity contribution in [3.63, 3.8) is 0 Å². The molecule has 0 aliphatic rings. The fourth-order valence-electron chi connectivity index (χ4n) is 1.63. The molecular formula is C11H11N3O3S. The molecule has 1 aromatic carbocycles. The number of rotatable bonds is 2. The summed E-state index contributed by atoms with van der Waals surface area (Å²) < 4.78 is 24.6. The number of sulfone groups is 1. The predicted molar refractivity (Wildman–Crippen MR) is 65.9 cm³/mol. The molecule has 7 heteroatoms. The van der Waals surface area contributed by atoms with Gasteiger partial charge in [0.1, 0.15) is 0 Å². The summed E-state index contributed by atoms with van der Waals surface area (Å²) in [6.07, 6.45) is 0. The fraction of sp³-hybridized carbons (Fsp3) is 0.0909. The van der Waals surface area contributed by atoms with E-state index in [1.54, 1.807) is 18.2 Å². The SMILES string of the molecule is Cc1nc(N)[nH]c(=O)c1S(=O)(=O)c1ccccc1. The molecular weight excluding hydrogens is 254 g/mol. The minimum atomic E-state index is -3.88. The van der Waals surface area contributed by atoms with Gasteiger partial charge in [-0.2, -0.15) is 0 Å². The fourth-order valence-corrected chi connectivity index (χ4v) is 3.11. The first-order valence-corrected chi connectivity index (χ1v) is 6.58. The molecule has 94 valence electrons. The normalized spacial score (nSPS) is 11.4. The number of anilines is 1. The highest BCUT2D eigenvalue weighted by molar-refractivity contribution is 7.91. The molecule has 3 N–H and O–H groups in total. The van der Waals surface area contributed by atoms with Crippen LogP contribution in [0.3, 0.4) is 0 Å². The van der Waals surface area contributed by atoms with E-state index in [2.05, 4.69) is 9.97 Å². The Morgan fingerprint density at radius 1 is 1.22 bits per heavy atom. The Morgan fingerprint density at radius 2 is 1.83 bits per heavy atom. The van der Waals surface area contributed by atoms with E-state index in [9.17, 15) is 13.2 Å². The van der Waals surface area contributed by atoms with Crippen LogP contribution < -0.4 is 11.3 Å². The van der Waals surface area contributed by atoms with E-state index in [0.29, 0.717) is 0 Å². The van der Waals surface area contributed by atoms with E-state index < -0.39 is 15.4 Å². The Morgan fingerprint density at radius 3 is 2.39 bits per heavy atom. The smallest absolute Gasteiger partial charge is 0.271 e. The van der Waals surface area contributed by atoms with Crippen LogP contribution in [0.4, 0.5) is 5.95 Å². The van der Waals surface area contributed by atoms with E-state index in [-0.39, 0.29) is 21.4 Å². The highest BCUT2D eigenvalue weighted by Crippen LogP contribution is 2.19. The summed E-state index contributed by atoms with van der Waals surface area (Å²) in [4.78, 5) is 17.4. The number of aromatic nitrogens is 2. The van der Waals surface area contributed by atoms with Crippen molar-refractivity contribution in [3.05, 3.63) is 46.4 Å². The standard InChI is InChI=1S/C11H11N3O3S/c1-7-9(10(15)14-11(12)13-7)18(16,17)8-5-3-2-4-6-8/h2-6H,1H3,(H3,12,13,14,15). The summed E-state index contributed by atoms with van der Waals surface area (Å²) in [5.74, 6) is -0.107. The van der Waals surface area contributed by atoms with Gasteiger partial charge in [0.25, 0.3) is 5.56 Å². The monoisotopic (exact) mass is 265 g/mol. The minimum absolute atomic E-state index is 0.0465. The third kappa shape index (κ3) is 2.00. The maximum atomic E-state index is 12.3. The maximum Gasteiger partial charge on any atom is 0.271 e. The lowest BCUT2D eigenvalue weighted by Gasteiger charge is -2.06. The van der Waals surface area contributed by atoms with Gasteiger partial charge in [-0.1, -0.05) is 18.2 Å². The second-order valence-electron chi connectivity index (χ2n) is 3.68. The Hall–Kier alpha value is -2.15. The van der Waals surface area contributed by atoms with E-state index in [4.69, 9.17) is 5.73 Å². The molecule has 6 nitrogen and oxygen atoms in total. The molecule has 0 bridgehead atoms. The zero-order chi connectivity index (χ0) is 13.3. The zero-order valence-corrected chi connectivity index (χ0v) is 10.4. The second-order valence-corrected chi connectivity index (χ2v) is 5.57. The molecule has 0 saturated carbocycles. The van der Waals surface area contributed by atoms with Crippen LogP contribution in [0.2, 0.25) is 0 Å². The predicted octanol–water partition coefficient (Wildman–Crippen LogP) is 0.493. The van der Waals surface area contributed by atoms with Crippen molar-refractivity contribution in [1.82, 2.24) is 9.97 Å². The lowest BCUT2D eigenvalue weighted by molar-refractivity contribution is 0.593. The summed E-state index contributed by atoms with van der Waals surface area (Å²) >= 11 is 0. The first-order chi connectivity index (χ1) is 8.43. The summed E-state index contributed by atoms with van der Waals surface area (Å²) in [7, 11) is -3.88. The summed E-state index contributed by atoms with van der Waals surface area (Å²) in [6.45, 7) is 1.43. The average Bonchev–Trinajstić information content (AvgIpc) is 2.28. The van der Waals surface area contributed by atoms with Gasteiger partial charge >= 0.3 is 0 Å². The molecule has 0 saturated heterocycles. The number of aryl methyl sites for hydroxylation is 1. The van der Waals surface area contributed by atoms with Gasteiger partial charge in [0.05, 0.1) is 10.6 Å². The summed E-state index contributed by atoms with van der Waals surface area (Å²) in [6, 6.07) is 7.70. The van der Waals surface area contributed by atoms with Crippen molar-refractivity contribution in [2.45, 2.75) is 16.7 Å². The number of H-pyrrole nitrogens is 1. The van der Waals surface area contributed by atoms with Gasteiger partial charge < -0.3 is 5.73 Å². The molecule has 2 aromatic rings. The van der Waals surface area contributed by atoms with Gasteiger partial charge in [0.2, 0.25) is 15.8 Å². The second kappa shape index (κ2) is 4.26. The molecule has 0 atom stereocenters. The van der Waals surface area contributed by atoms with Gasteiger partial charge in [-0.05, 0) is 19.1 Å². The molecule has 1 aromatic heterocycles. The highest BCUT2D eigenvalue weighted by atomic mass is 32.2. The first-order valence-electron chi connectivity index (χ1n) is 5.09. The van der Waals surface area contributed by atoms with Crippen molar-refractivity contribution in [2.24, 2.45) is 0 Å².